The summed E-state index contributed by atoms with van der Waals surface area (Å²) in [5.41, 5.74) is -0.706. The number of amides is 2. The Hall–Kier alpha value is -4.69. The van der Waals surface area contributed by atoms with Gasteiger partial charge in [-0.05, 0) is 6.07 Å². The molecule has 192 valence electrons. The molecule has 4 heterocycles. The van der Waals surface area contributed by atoms with Gasteiger partial charge in [0.15, 0.2) is 11.5 Å². The van der Waals surface area contributed by atoms with Crippen LogP contribution in [0.25, 0.3) is 33.5 Å². The minimum atomic E-state index is -4.71. The highest BCUT2D eigenvalue weighted by Gasteiger charge is 2.35. The summed E-state index contributed by atoms with van der Waals surface area (Å²) in [5, 5.41) is 23.8. The van der Waals surface area contributed by atoms with Crippen molar-refractivity contribution in [1.82, 2.24) is 39.6 Å². The predicted molar refractivity (Wildman–Crippen MR) is 126 cm³/mol. The molecular weight excluding hydrogens is 495 g/mol. The number of hydrogen-bond acceptors (Lipinski definition) is 7. The lowest BCUT2D eigenvalue weighted by Gasteiger charge is -2.21. The Labute approximate surface area is 206 Å². The molecule has 2 amide bonds. The van der Waals surface area contributed by atoms with E-state index in [0.717, 1.165) is 4.90 Å². The molecular formula is C22H20F3N9O3. The number of anilines is 1. The number of rotatable bonds is 4. The number of aromatic nitrogens is 6. The number of nitrogens with one attached hydrogen (secondary N) is 2. The minimum Gasteiger partial charge on any atom is -0.465 e. The van der Waals surface area contributed by atoms with Gasteiger partial charge in [-0.2, -0.15) is 22.8 Å². The van der Waals surface area contributed by atoms with Gasteiger partial charge in [-0.25, -0.2) is 14.8 Å². The molecule has 0 spiro atoms. The van der Waals surface area contributed by atoms with E-state index in [1.165, 1.54) is 22.8 Å². The molecule has 1 aliphatic heterocycles. The van der Waals surface area contributed by atoms with Crippen molar-refractivity contribution in [2.75, 3.05) is 25.0 Å². The lowest BCUT2D eigenvalue weighted by Crippen LogP contribution is -2.44. The van der Waals surface area contributed by atoms with Crippen molar-refractivity contribution in [2.24, 2.45) is 7.05 Å². The molecule has 0 bridgehead atoms. The number of aryl methyl sites for hydroxylation is 1. The van der Waals surface area contributed by atoms with Gasteiger partial charge in [0, 0.05) is 37.3 Å². The van der Waals surface area contributed by atoms with Crippen molar-refractivity contribution in [1.29, 1.82) is 0 Å². The Kier molecular flexibility index (Phi) is 5.69. The molecule has 15 heteroatoms. The summed E-state index contributed by atoms with van der Waals surface area (Å²) >= 11 is 0. The van der Waals surface area contributed by atoms with Crippen LogP contribution in [0.4, 0.5) is 23.9 Å². The molecule has 3 aromatic heterocycles. The van der Waals surface area contributed by atoms with Gasteiger partial charge in [-0.15, -0.1) is 5.10 Å². The average molecular weight is 515 g/mol. The largest absolute Gasteiger partial charge is 0.465 e. The van der Waals surface area contributed by atoms with Gasteiger partial charge in [0.1, 0.15) is 6.04 Å². The second-order valence-corrected chi connectivity index (χ2v) is 8.40. The van der Waals surface area contributed by atoms with E-state index in [9.17, 15) is 27.9 Å². The van der Waals surface area contributed by atoms with Gasteiger partial charge >= 0.3 is 12.3 Å². The second-order valence-electron chi connectivity index (χ2n) is 8.40. The van der Waals surface area contributed by atoms with Crippen molar-refractivity contribution in [3.8, 4) is 11.4 Å². The SMILES string of the molecule is C=C(c1cccc2c1nc(N[C@@H]1CN(C(=O)O)CCNC1=O)n1nc(-c3cnn(C)c3)nc21)C(F)(F)F. The molecule has 0 radical (unpaired) electrons. The summed E-state index contributed by atoms with van der Waals surface area (Å²) in [7, 11) is 1.71. The van der Waals surface area contributed by atoms with Gasteiger partial charge in [-0.1, -0.05) is 18.7 Å². The molecule has 3 N–H and O–H groups in total. The number of para-hydroxylation sites is 1. The van der Waals surface area contributed by atoms with E-state index in [1.54, 1.807) is 24.0 Å². The van der Waals surface area contributed by atoms with Crippen molar-refractivity contribution in [3.05, 3.63) is 42.7 Å². The van der Waals surface area contributed by atoms with Crippen LogP contribution in [0.5, 0.6) is 0 Å². The third-order valence-corrected chi connectivity index (χ3v) is 5.91. The second kappa shape index (κ2) is 8.76. The van der Waals surface area contributed by atoms with Gasteiger partial charge in [0.25, 0.3) is 0 Å². The monoisotopic (exact) mass is 515 g/mol. The number of alkyl halides is 3. The van der Waals surface area contributed by atoms with Crippen LogP contribution in [-0.4, -0.2) is 83.2 Å². The van der Waals surface area contributed by atoms with Crippen LogP contribution in [0.2, 0.25) is 0 Å². The van der Waals surface area contributed by atoms with Gasteiger partial charge in [-0.3, -0.25) is 9.48 Å². The first-order chi connectivity index (χ1) is 17.5. The number of nitrogens with zero attached hydrogens (tertiary/aromatic N) is 7. The van der Waals surface area contributed by atoms with Crippen molar-refractivity contribution in [2.45, 2.75) is 12.2 Å². The first kappa shape index (κ1) is 24.0. The molecule has 0 saturated carbocycles. The molecule has 0 aliphatic carbocycles. The van der Waals surface area contributed by atoms with E-state index in [4.69, 9.17) is 0 Å². The van der Waals surface area contributed by atoms with Crippen LogP contribution in [0.1, 0.15) is 5.56 Å². The summed E-state index contributed by atoms with van der Waals surface area (Å²) in [6, 6.07) is 3.14. The smallest absolute Gasteiger partial charge is 0.416 e. The average Bonchev–Trinajstić information content (AvgIpc) is 3.43. The standard InChI is InChI=1S/C22H20F3N9O3/c1-11(22(23,24)25)13-4-3-5-14-16(13)29-20(28-15-10-33(21(36)37)7-6-26-19(15)35)34-18(14)30-17(31-34)12-8-27-32(2)9-12/h3-5,8-9,15H,1,6-7,10H2,2H3,(H,26,35)(H,28,29)(H,36,37)/t15-/m1/s1. The molecule has 5 rings (SSSR count). The number of allylic oxidation sites excluding steroid dienone is 1. The van der Waals surface area contributed by atoms with Crippen LogP contribution < -0.4 is 10.6 Å². The molecule has 1 aromatic carbocycles. The van der Waals surface area contributed by atoms with E-state index >= 15 is 0 Å². The fourth-order valence-electron chi connectivity index (χ4n) is 4.05. The number of carbonyl (C=O) groups excluding carboxylic acids is 1. The molecule has 37 heavy (non-hydrogen) atoms. The van der Waals surface area contributed by atoms with Crippen LogP contribution in [0.3, 0.4) is 0 Å². The van der Waals surface area contributed by atoms with E-state index < -0.39 is 29.8 Å². The summed E-state index contributed by atoms with van der Waals surface area (Å²) in [5.74, 6) is -0.373. The molecule has 1 aliphatic rings. The van der Waals surface area contributed by atoms with E-state index in [-0.39, 0.29) is 53.5 Å². The zero-order valence-electron chi connectivity index (χ0n) is 19.3. The Balaban J connectivity index is 1.71. The predicted octanol–water partition coefficient (Wildman–Crippen LogP) is 2.14. The Bertz CT molecular complexity index is 1560. The van der Waals surface area contributed by atoms with Gasteiger partial charge in [0.05, 0.1) is 29.4 Å². The number of carboxylic acid groups (broad SMARTS) is 1. The van der Waals surface area contributed by atoms with Gasteiger partial charge < -0.3 is 20.6 Å². The quantitative estimate of drug-likeness (QED) is 0.375. The topological polar surface area (TPSA) is 143 Å². The zero-order valence-corrected chi connectivity index (χ0v) is 19.3. The summed E-state index contributed by atoms with van der Waals surface area (Å²) in [6.45, 7) is 3.17. The summed E-state index contributed by atoms with van der Waals surface area (Å²) < 4.78 is 43.6. The number of halogens is 3. The zero-order chi connectivity index (χ0) is 26.5. The Morgan fingerprint density at radius 1 is 1.30 bits per heavy atom. The molecule has 0 unspecified atom stereocenters. The van der Waals surface area contributed by atoms with Crippen molar-refractivity contribution in [3.63, 3.8) is 0 Å². The summed E-state index contributed by atoms with van der Waals surface area (Å²) in [4.78, 5) is 34.2. The Morgan fingerprint density at radius 3 is 2.76 bits per heavy atom. The van der Waals surface area contributed by atoms with Crippen molar-refractivity contribution >= 4 is 40.1 Å². The first-order valence-electron chi connectivity index (χ1n) is 11.0. The van der Waals surface area contributed by atoms with Crippen LogP contribution in [0, 0.1) is 0 Å². The van der Waals surface area contributed by atoms with E-state index in [2.05, 4.69) is 37.4 Å². The lowest BCUT2D eigenvalue weighted by atomic mass is 10.0. The lowest BCUT2D eigenvalue weighted by molar-refractivity contribution is -0.121. The summed E-state index contributed by atoms with van der Waals surface area (Å²) in [6.07, 6.45) is -2.74. The first-order valence-corrected chi connectivity index (χ1v) is 11.0. The molecule has 1 fully saturated rings. The number of carbonyl (C=O) groups is 2. The highest BCUT2D eigenvalue weighted by molar-refractivity contribution is 6.00. The minimum absolute atomic E-state index is 0.0610. The normalized spacial score (nSPS) is 16.6. The third-order valence-electron chi connectivity index (χ3n) is 5.91. The van der Waals surface area contributed by atoms with Crippen LogP contribution in [0.15, 0.2) is 37.2 Å². The Morgan fingerprint density at radius 2 is 2.08 bits per heavy atom. The molecule has 1 atom stereocenters. The third kappa shape index (κ3) is 4.39. The fraction of sp³-hybridized carbons (Fsp3) is 0.273. The number of fused-ring (bicyclic) bond motifs is 3. The maximum Gasteiger partial charge on any atom is 0.416 e. The van der Waals surface area contributed by atoms with Crippen LogP contribution >= 0.6 is 0 Å². The fourth-order valence-corrected chi connectivity index (χ4v) is 4.05. The van der Waals surface area contributed by atoms with E-state index in [0.29, 0.717) is 5.56 Å². The van der Waals surface area contributed by atoms with Crippen LogP contribution in [-0.2, 0) is 11.8 Å². The van der Waals surface area contributed by atoms with Gasteiger partial charge in [0.2, 0.25) is 11.9 Å². The highest BCUT2D eigenvalue weighted by Crippen LogP contribution is 2.36. The number of hydrogen-bond donors (Lipinski definition) is 3. The highest BCUT2D eigenvalue weighted by atomic mass is 19.4. The van der Waals surface area contributed by atoms with E-state index in [1.807, 2.05) is 0 Å². The maximum atomic E-state index is 13.6. The maximum absolute atomic E-state index is 13.6. The van der Waals surface area contributed by atoms with Crippen molar-refractivity contribution < 1.29 is 27.9 Å². The number of benzene rings is 1. The molecule has 1 saturated heterocycles. The molecule has 12 nitrogen and oxygen atoms in total. The molecule has 4 aromatic rings.